The van der Waals surface area contributed by atoms with Crippen LogP contribution in [0.4, 0.5) is 0 Å². The van der Waals surface area contributed by atoms with Gasteiger partial charge in [-0.05, 0) is 42.9 Å². The number of methoxy groups -OCH3 is 1. The van der Waals surface area contributed by atoms with Gasteiger partial charge < -0.3 is 4.74 Å². The molecule has 2 aromatic rings. The van der Waals surface area contributed by atoms with Gasteiger partial charge >= 0.3 is 5.97 Å². The lowest BCUT2D eigenvalue weighted by Gasteiger charge is -2.40. The predicted octanol–water partition coefficient (Wildman–Crippen LogP) is 3.54. The van der Waals surface area contributed by atoms with E-state index in [1.165, 1.54) is 13.5 Å². The molecule has 0 spiro atoms. The molecule has 1 saturated heterocycles. The lowest BCUT2D eigenvalue weighted by Crippen LogP contribution is -2.43. The van der Waals surface area contributed by atoms with Crippen molar-refractivity contribution in [1.82, 2.24) is 14.5 Å². The smallest absolute Gasteiger partial charge is 0.337 e. The van der Waals surface area contributed by atoms with Gasteiger partial charge in [0.15, 0.2) is 0 Å². The summed E-state index contributed by atoms with van der Waals surface area (Å²) in [4.78, 5) is 32.3. The maximum atomic E-state index is 13.0. The zero-order valence-electron chi connectivity index (χ0n) is 17.6. The average molecular weight is 386 g/mol. The van der Waals surface area contributed by atoms with Crippen LogP contribution in [-0.4, -0.2) is 40.6 Å². The molecule has 152 valence electrons. The van der Waals surface area contributed by atoms with Crippen LogP contribution < -0.4 is 5.56 Å². The first kappa shape index (κ1) is 20.5. The molecule has 0 bridgehead atoms. The molecule has 1 aliphatic heterocycles. The van der Waals surface area contributed by atoms with Crippen LogP contribution in [0.1, 0.15) is 62.3 Å². The van der Waals surface area contributed by atoms with Crippen molar-refractivity contribution in [2.24, 2.45) is 18.9 Å². The molecule has 28 heavy (non-hydrogen) atoms. The second kappa shape index (κ2) is 8.43. The molecule has 3 rings (SSSR count). The molecular weight excluding hydrogens is 354 g/mol. The third kappa shape index (κ3) is 3.97. The van der Waals surface area contributed by atoms with E-state index in [2.05, 4.69) is 25.7 Å². The van der Waals surface area contributed by atoms with Crippen LogP contribution in [0.3, 0.4) is 0 Å². The van der Waals surface area contributed by atoms with Crippen LogP contribution in [-0.2, 0) is 11.8 Å². The molecule has 6 nitrogen and oxygen atoms in total. The number of carbonyl (C=O) groups is 1. The molecule has 0 amide bonds. The van der Waals surface area contributed by atoms with E-state index in [9.17, 15) is 9.59 Å². The van der Waals surface area contributed by atoms with Gasteiger partial charge in [0, 0.05) is 20.1 Å². The Morgan fingerprint density at radius 1 is 1.29 bits per heavy atom. The Morgan fingerprint density at radius 2 is 1.96 bits per heavy atom. The minimum atomic E-state index is -0.422. The van der Waals surface area contributed by atoms with E-state index in [0.717, 1.165) is 31.8 Å². The van der Waals surface area contributed by atoms with Crippen LogP contribution >= 0.6 is 0 Å². The summed E-state index contributed by atoms with van der Waals surface area (Å²) in [5.74, 6) is 1.62. The molecule has 0 saturated carbocycles. The highest BCUT2D eigenvalue weighted by Gasteiger charge is 2.30. The average Bonchev–Trinajstić information content (AvgIpc) is 2.67. The Bertz CT molecular complexity index is 911. The first-order valence-electron chi connectivity index (χ1n) is 10.2. The van der Waals surface area contributed by atoms with Crippen molar-refractivity contribution in [2.45, 2.75) is 46.1 Å². The van der Waals surface area contributed by atoms with Crippen molar-refractivity contribution in [1.29, 1.82) is 0 Å². The van der Waals surface area contributed by atoms with E-state index in [1.54, 1.807) is 29.8 Å². The van der Waals surface area contributed by atoms with Gasteiger partial charge in [0.2, 0.25) is 0 Å². The quantitative estimate of drug-likeness (QED) is 0.737. The third-order valence-electron chi connectivity index (χ3n) is 5.73. The highest BCUT2D eigenvalue weighted by molar-refractivity contribution is 5.94. The third-order valence-corrected chi connectivity index (χ3v) is 5.73. The van der Waals surface area contributed by atoms with Crippen LogP contribution in [0.25, 0.3) is 10.9 Å². The molecule has 6 heteroatoms. The summed E-state index contributed by atoms with van der Waals surface area (Å²) in [6.07, 6.45) is 3.20. The number of likely N-dealkylation sites (tertiary alicyclic amines) is 1. The molecule has 1 fully saturated rings. The first-order chi connectivity index (χ1) is 13.3. The Labute approximate surface area is 166 Å². The number of aromatic nitrogens is 2. The summed E-state index contributed by atoms with van der Waals surface area (Å²) in [5.41, 5.74) is 0.893. The Hall–Kier alpha value is -2.21. The van der Waals surface area contributed by atoms with Gasteiger partial charge in [0.1, 0.15) is 5.82 Å². The van der Waals surface area contributed by atoms with E-state index in [1.807, 2.05) is 0 Å². The molecule has 1 aliphatic rings. The number of benzene rings is 1. The number of esters is 1. The number of ether oxygens (including phenoxy) is 1. The summed E-state index contributed by atoms with van der Waals surface area (Å²) >= 11 is 0. The monoisotopic (exact) mass is 385 g/mol. The molecule has 2 heterocycles. The lowest BCUT2D eigenvalue weighted by atomic mass is 9.90. The summed E-state index contributed by atoms with van der Waals surface area (Å²) in [6.45, 7) is 8.79. The standard InChI is InChI=1S/C22H31N3O3/c1-6-7-19(25-12-14(2)10-15(3)13-25)20-23-18-11-16(22(27)28-5)8-9-17(18)21(26)24(20)4/h8-9,11,14-15,19H,6-7,10,12-13H2,1-5H3/t14-,15+,19?. The van der Waals surface area contributed by atoms with E-state index >= 15 is 0 Å². The van der Waals surface area contributed by atoms with Gasteiger partial charge in [0.05, 0.1) is 29.6 Å². The van der Waals surface area contributed by atoms with Gasteiger partial charge in [-0.1, -0.05) is 27.2 Å². The number of piperidine rings is 1. The second-order valence-corrected chi connectivity index (χ2v) is 8.26. The molecule has 1 unspecified atom stereocenters. The zero-order valence-corrected chi connectivity index (χ0v) is 17.6. The highest BCUT2D eigenvalue weighted by Crippen LogP contribution is 2.31. The van der Waals surface area contributed by atoms with Gasteiger partial charge in [-0.2, -0.15) is 0 Å². The molecule has 0 radical (unpaired) electrons. The van der Waals surface area contributed by atoms with E-state index in [0.29, 0.717) is 28.3 Å². The van der Waals surface area contributed by atoms with Gasteiger partial charge in [-0.25, -0.2) is 9.78 Å². The SMILES string of the molecule is CCCC(c1nc2cc(C(=O)OC)ccc2c(=O)n1C)N1C[C@H](C)C[C@H](C)C1. The first-order valence-corrected chi connectivity index (χ1v) is 10.2. The van der Waals surface area contributed by atoms with Gasteiger partial charge in [-0.3, -0.25) is 14.3 Å². The Balaban J connectivity index is 2.11. The Morgan fingerprint density at radius 3 is 2.57 bits per heavy atom. The van der Waals surface area contributed by atoms with Crippen LogP contribution in [0.2, 0.25) is 0 Å². The topological polar surface area (TPSA) is 64.4 Å². The summed E-state index contributed by atoms with van der Waals surface area (Å²) < 4.78 is 6.50. The molecule has 3 atom stereocenters. The molecular formula is C22H31N3O3. The number of nitrogens with zero attached hydrogens (tertiary/aromatic N) is 3. The number of fused-ring (bicyclic) bond motifs is 1. The highest BCUT2D eigenvalue weighted by atomic mass is 16.5. The van der Waals surface area contributed by atoms with Crippen molar-refractivity contribution in [2.75, 3.05) is 20.2 Å². The minimum Gasteiger partial charge on any atom is -0.465 e. The number of hydrogen-bond donors (Lipinski definition) is 0. The fourth-order valence-electron chi connectivity index (χ4n) is 4.55. The van der Waals surface area contributed by atoms with Crippen molar-refractivity contribution in [3.8, 4) is 0 Å². The summed E-state index contributed by atoms with van der Waals surface area (Å²) in [6, 6.07) is 5.05. The number of carbonyl (C=O) groups excluding carboxylic acids is 1. The maximum absolute atomic E-state index is 13.0. The summed E-state index contributed by atoms with van der Waals surface area (Å²) in [5, 5.41) is 0.523. The molecule has 0 aliphatic carbocycles. The van der Waals surface area contributed by atoms with Crippen LogP contribution in [0.5, 0.6) is 0 Å². The number of hydrogen-bond acceptors (Lipinski definition) is 5. The van der Waals surface area contributed by atoms with Crippen molar-refractivity contribution >= 4 is 16.9 Å². The Kier molecular flexibility index (Phi) is 6.18. The molecule has 1 aromatic carbocycles. The van der Waals surface area contributed by atoms with Crippen molar-refractivity contribution in [3.63, 3.8) is 0 Å². The van der Waals surface area contributed by atoms with Crippen molar-refractivity contribution in [3.05, 3.63) is 39.9 Å². The van der Waals surface area contributed by atoms with Gasteiger partial charge in [0.25, 0.3) is 5.56 Å². The normalized spacial score (nSPS) is 21.6. The zero-order chi connectivity index (χ0) is 20.4. The van der Waals surface area contributed by atoms with Crippen LogP contribution in [0.15, 0.2) is 23.0 Å². The predicted molar refractivity (Wildman–Crippen MR) is 110 cm³/mol. The summed E-state index contributed by atoms with van der Waals surface area (Å²) in [7, 11) is 3.16. The lowest BCUT2D eigenvalue weighted by molar-refractivity contribution is 0.0601. The molecule has 1 aromatic heterocycles. The van der Waals surface area contributed by atoms with Crippen LogP contribution in [0, 0.1) is 11.8 Å². The van der Waals surface area contributed by atoms with E-state index in [4.69, 9.17) is 9.72 Å². The minimum absolute atomic E-state index is 0.0735. The van der Waals surface area contributed by atoms with E-state index in [-0.39, 0.29) is 11.6 Å². The molecule has 0 N–H and O–H groups in total. The van der Waals surface area contributed by atoms with Crippen molar-refractivity contribution < 1.29 is 9.53 Å². The number of rotatable bonds is 5. The second-order valence-electron chi connectivity index (χ2n) is 8.26. The fraction of sp³-hybridized carbons (Fsp3) is 0.591. The maximum Gasteiger partial charge on any atom is 0.337 e. The van der Waals surface area contributed by atoms with E-state index < -0.39 is 5.97 Å². The fourth-order valence-corrected chi connectivity index (χ4v) is 4.55. The largest absolute Gasteiger partial charge is 0.465 e. The van der Waals surface area contributed by atoms with Gasteiger partial charge in [-0.15, -0.1) is 0 Å².